The number of Topliss-reactive ketones (excluding diaryl/α,β-unsaturated/α-hetero) is 1. The average Bonchev–Trinajstić information content (AvgIpc) is 2.68. The van der Waals surface area contributed by atoms with Crippen molar-refractivity contribution in [1.29, 1.82) is 0 Å². The molecule has 150 valence electrons. The van der Waals surface area contributed by atoms with Gasteiger partial charge < -0.3 is 10.6 Å². The third kappa shape index (κ3) is 5.12. The highest BCUT2D eigenvalue weighted by molar-refractivity contribution is 5.95. The van der Waals surface area contributed by atoms with Crippen LogP contribution in [0.5, 0.6) is 0 Å². The molecule has 0 radical (unpaired) electrons. The molecule has 4 unspecified atom stereocenters. The third-order valence-corrected chi connectivity index (χ3v) is 5.97. The number of carbonyl (C=O) groups excluding carboxylic acids is 2. The zero-order chi connectivity index (χ0) is 20.1. The van der Waals surface area contributed by atoms with E-state index in [1.165, 1.54) is 13.3 Å². The van der Waals surface area contributed by atoms with Crippen molar-refractivity contribution in [2.75, 3.05) is 45.1 Å². The second kappa shape index (κ2) is 9.22. The van der Waals surface area contributed by atoms with Crippen molar-refractivity contribution in [1.82, 2.24) is 15.1 Å². The summed E-state index contributed by atoms with van der Waals surface area (Å²) < 4.78 is 0. The van der Waals surface area contributed by atoms with Crippen LogP contribution in [0.4, 0.5) is 10.5 Å². The van der Waals surface area contributed by atoms with Gasteiger partial charge in [0.05, 0.1) is 6.54 Å². The number of amides is 2. The average molecular weight is 383 g/mol. The van der Waals surface area contributed by atoms with Crippen LogP contribution in [-0.2, 0) is 0 Å². The van der Waals surface area contributed by atoms with E-state index in [9.17, 15) is 9.59 Å². The fourth-order valence-corrected chi connectivity index (χ4v) is 4.46. The summed E-state index contributed by atoms with van der Waals surface area (Å²) in [6.45, 7) is 6.12. The largest absolute Gasteiger partial charge is 0.336 e. The van der Waals surface area contributed by atoms with E-state index in [1.54, 1.807) is 24.3 Å². The number of rotatable bonds is 7. The number of hydrogen-bond acceptors (Lipinski definition) is 4. The summed E-state index contributed by atoms with van der Waals surface area (Å²) in [6, 6.07) is 7.14. The molecule has 1 aromatic rings. The first-order valence-electron chi connectivity index (χ1n) is 9.98. The zero-order valence-corrected chi connectivity index (χ0v) is 16.8. The molecule has 0 spiro atoms. The molecule has 4 rings (SSSR count). The fourth-order valence-electron chi connectivity index (χ4n) is 4.46. The van der Waals surface area contributed by atoms with Crippen LogP contribution in [0, 0.1) is 24.2 Å². The predicted octanol–water partition coefficient (Wildman–Crippen LogP) is 2.29. The van der Waals surface area contributed by atoms with E-state index in [2.05, 4.69) is 33.4 Å². The van der Waals surface area contributed by atoms with Crippen molar-refractivity contribution in [3.8, 4) is 12.3 Å². The molecule has 3 fully saturated rings. The van der Waals surface area contributed by atoms with Crippen LogP contribution >= 0.6 is 0 Å². The summed E-state index contributed by atoms with van der Waals surface area (Å²) in [5.41, 5.74) is 1.32. The maximum absolute atomic E-state index is 12.2. The summed E-state index contributed by atoms with van der Waals surface area (Å²) in [4.78, 5) is 28.3. The number of terminal acetylenes is 1. The van der Waals surface area contributed by atoms with E-state index in [0.717, 1.165) is 26.1 Å². The Bertz CT molecular complexity index is 740. The number of benzene rings is 1. The maximum atomic E-state index is 12.2. The minimum Gasteiger partial charge on any atom is -0.336 e. The van der Waals surface area contributed by atoms with Crippen LogP contribution in [0.25, 0.3) is 0 Å². The standard InChI is InChI=1S/C22H30N4O2/c1-4-10-25(3)14-19-15-26-11-9-18(19)12-21(26)13-23-22(28)24-20-7-5-17(6-8-20)16(2)27/h1,5-8,18-19,21H,9-15H2,2-3H3,(H2,23,24,28). The van der Waals surface area contributed by atoms with Crippen molar-refractivity contribution >= 4 is 17.5 Å². The number of hydrogen-bond donors (Lipinski definition) is 2. The molecule has 3 aliphatic heterocycles. The quantitative estimate of drug-likeness (QED) is 0.561. The minimum absolute atomic E-state index is 0.0150. The number of fused-ring (bicyclic) bond motifs is 3. The smallest absolute Gasteiger partial charge is 0.319 e. The Balaban J connectivity index is 1.45. The van der Waals surface area contributed by atoms with Gasteiger partial charge in [-0.05, 0) is 69.5 Å². The number of piperidine rings is 3. The summed E-state index contributed by atoms with van der Waals surface area (Å²) in [7, 11) is 2.09. The topological polar surface area (TPSA) is 64.7 Å². The summed E-state index contributed by atoms with van der Waals surface area (Å²) in [6.07, 6.45) is 7.78. The number of urea groups is 1. The lowest BCUT2D eigenvalue weighted by Gasteiger charge is -2.50. The van der Waals surface area contributed by atoms with Crippen LogP contribution in [0.1, 0.15) is 30.1 Å². The summed E-state index contributed by atoms with van der Waals surface area (Å²) in [5.74, 6) is 4.10. The second-order valence-electron chi connectivity index (χ2n) is 8.06. The van der Waals surface area contributed by atoms with Gasteiger partial charge in [0, 0.05) is 36.9 Å². The Morgan fingerprint density at radius 3 is 2.68 bits per heavy atom. The van der Waals surface area contributed by atoms with Crippen LogP contribution in [0.2, 0.25) is 0 Å². The van der Waals surface area contributed by atoms with Gasteiger partial charge >= 0.3 is 6.03 Å². The molecule has 3 saturated heterocycles. The number of nitrogens with one attached hydrogen (secondary N) is 2. The van der Waals surface area contributed by atoms with Gasteiger partial charge in [-0.25, -0.2) is 4.79 Å². The Kier molecular flexibility index (Phi) is 6.71. The summed E-state index contributed by atoms with van der Waals surface area (Å²) in [5, 5.41) is 5.84. The Morgan fingerprint density at radius 2 is 2.07 bits per heavy atom. The number of ketones is 1. The van der Waals surface area contributed by atoms with E-state index in [1.807, 2.05) is 0 Å². The van der Waals surface area contributed by atoms with Gasteiger partial charge in [-0.2, -0.15) is 0 Å². The number of anilines is 1. The number of nitrogens with zero attached hydrogens (tertiary/aromatic N) is 2. The molecule has 0 aromatic heterocycles. The molecule has 3 aliphatic rings. The van der Waals surface area contributed by atoms with Crippen molar-refractivity contribution in [3.05, 3.63) is 29.8 Å². The Hall–Kier alpha value is -2.36. The molecule has 3 heterocycles. The Labute approximate surface area is 167 Å². The van der Waals surface area contributed by atoms with Gasteiger partial charge in [0.15, 0.2) is 5.78 Å². The molecule has 2 N–H and O–H groups in total. The highest BCUT2D eigenvalue weighted by Gasteiger charge is 2.40. The molecular weight excluding hydrogens is 352 g/mol. The second-order valence-corrected chi connectivity index (χ2v) is 8.06. The number of carbonyl (C=O) groups is 2. The van der Waals surface area contributed by atoms with Gasteiger partial charge in [0.1, 0.15) is 0 Å². The van der Waals surface area contributed by atoms with Crippen LogP contribution in [-0.4, -0.2) is 67.4 Å². The molecule has 2 amide bonds. The SMILES string of the molecule is C#CCN(C)CC1CN2CCC1CC2CNC(=O)Nc1ccc(C(C)=O)cc1. The predicted molar refractivity (Wildman–Crippen MR) is 111 cm³/mol. The van der Waals surface area contributed by atoms with E-state index < -0.39 is 0 Å². The van der Waals surface area contributed by atoms with Gasteiger partial charge in [-0.15, -0.1) is 6.42 Å². The van der Waals surface area contributed by atoms with Crippen molar-refractivity contribution < 1.29 is 9.59 Å². The molecule has 1 aromatic carbocycles. The normalized spacial score (nSPS) is 25.9. The fraction of sp³-hybridized carbons (Fsp3) is 0.545. The lowest BCUT2D eigenvalue weighted by atomic mass is 9.75. The van der Waals surface area contributed by atoms with Gasteiger partial charge in [0.25, 0.3) is 0 Å². The highest BCUT2D eigenvalue weighted by Crippen LogP contribution is 2.36. The van der Waals surface area contributed by atoms with E-state index in [4.69, 9.17) is 6.42 Å². The molecule has 4 atom stereocenters. The van der Waals surface area contributed by atoms with Crippen LogP contribution < -0.4 is 10.6 Å². The molecule has 6 nitrogen and oxygen atoms in total. The Morgan fingerprint density at radius 1 is 1.32 bits per heavy atom. The maximum Gasteiger partial charge on any atom is 0.319 e. The molecule has 2 bridgehead atoms. The monoisotopic (exact) mass is 382 g/mol. The van der Waals surface area contributed by atoms with Crippen LogP contribution in [0.15, 0.2) is 24.3 Å². The minimum atomic E-state index is -0.205. The first kappa shape index (κ1) is 20.4. The molecule has 6 heteroatoms. The van der Waals surface area contributed by atoms with E-state index in [0.29, 0.717) is 42.2 Å². The van der Waals surface area contributed by atoms with Gasteiger partial charge in [0.2, 0.25) is 0 Å². The molecular formula is C22H30N4O2. The lowest BCUT2D eigenvalue weighted by molar-refractivity contribution is -0.00692. The van der Waals surface area contributed by atoms with Crippen molar-refractivity contribution in [2.45, 2.75) is 25.8 Å². The van der Waals surface area contributed by atoms with Gasteiger partial charge in [-0.1, -0.05) is 5.92 Å². The zero-order valence-electron chi connectivity index (χ0n) is 16.8. The summed E-state index contributed by atoms with van der Waals surface area (Å²) >= 11 is 0. The highest BCUT2D eigenvalue weighted by atomic mass is 16.2. The van der Waals surface area contributed by atoms with Crippen LogP contribution in [0.3, 0.4) is 0 Å². The molecule has 0 saturated carbocycles. The van der Waals surface area contributed by atoms with E-state index in [-0.39, 0.29) is 11.8 Å². The third-order valence-electron chi connectivity index (χ3n) is 5.97. The van der Waals surface area contributed by atoms with Crippen molar-refractivity contribution in [3.63, 3.8) is 0 Å². The van der Waals surface area contributed by atoms with Crippen molar-refractivity contribution in [2.24, 2.45) is 11.8 Å². The molecule has 28 heavy (non-hydrogen) atoms. The molecule has 0 aliphatic carbocycles. The first-order valence-corrected chi connectivity index (χ1v) is 9.98. The first-order chi connectivity index (χ1) is 13.5. The van der Waals surface area contributed by atoms with Gasteiger partial charge in [-0.3, -0.25) is 14.6 Å². The lowest BCUT2D eigenvalue weighted by Crippen LogP contribution is -2.58. The van der Waals surface area contributed by atoms with E-state index >= 15 is 0 Å².